The average molecular weight is 274 g/mol. The molecule has 1 aromatic carbocycles. The van der Waals surface area contributed by atoms with Crippen molar-refractivity contribution < 1.29 is 9.90 Å². The van der Waals surface area contributed by atoms with Crippen LogP contribution in [0.3, 0.4) is 0 Å². The monoisotopic (exact) mass is 274 g/mol. The van der Waals surface area contributed by atoms with Gasteiger partial charge in [-0.05, 0) is 54.6 Å². The molecule has 1 fully saturated rings. The molecule has 110 valence electrons. The molecule has 1 saturated carbocycles. The number of hydrogen-bond acceptors (Lipinski definition) is 1. The number of carboxylic acids is 1. The second-order valence-corrected chi connectivity index (χ2v) is 6.67. The Hall–Kier alpha value is -1.31. The van der Waals surface area contributed by atoms with Crippen molar-refractivity contribution in [2.24, 2.45) is 11.8 Å². The van der Waals surface area contributed by atoms with Gasteiger partial charge < -0.3 is 5.11 Å². The van der Waals surface area contributed by atoms with Gasteiger partial charge in [0, 0.05) is 6.42 Å². The van der Waals surface area contributed by atoms with E-state index in [-0.39, 0.29) is 0 Å². The van der Waals surface area contributed by atoms with Gasteiger partial charge in [-0.2, -0.15) is 0 Å². The van der Waals surface area contributed by atoms with Crippen molar-refractivity contribution in [3.63, 3.8) is 0 Å². The summed E-state index contributed by atoms with van der Waals surface area (Å²) < 4.78 is 0. The van der Waals surface area contributed by atoms with Gasteiger partial charge in [0.25, 0.3) is 0 Å². The number of rotatable bonds is 5. The van der Waals surface area contributed by atoms with Crippen LogP contribution in [0.2, 0.25) is 0 Å². The molecule has 0 saturated heterocycles. The lowest BCUT2D eigenvalue weighted by molar-refractivity contribution is -0.138. The van der Waals surface area contributed by atoms with Crippen LogP contribution in [0.4, 0.5) is 0 Å². The molecular weight excluding hydrogens is 248 g/mol. The minimum atomic E-state index is -0.650. The molecule has 1 aromatic rings. The third-order valence-corrected chi connectivity index (χ3v) is 4.34. The first kappa shape index (κ1) is 15.1. The lowest BCUT2D eigenvalue weighted by atomic mass is 9.76. The normalized spacial score (nSPS) is 22.9. The second-order valence-electron chi connectivity index (χ2n) is 6.67. The largest absolute Gasteiger partial charge is 0.481 e. The quantitative estimate of drug-likeness (QED) is 0.849. The van der Waals surface area contributed by atoms with Crippen molar-refractivity contribution in [2.75, 3.05) is 0 Å². The number of carbonyl (C=O) groups is 1. The standard InChI is InChI=1S/C18H26O2/c1-13(2)10-14-6-8-16(9-7-14)17-5-3-4-15(11-17)12-18(19)20/h6-9,13,15,17H,3-5,10-12H2,1-2H3,(H,19,20)/t15-,17+/m1/s1. The average Bonchev–Trinajstić information content (AvgIpc) is 2.38. The lowest BCUT2D eigenvalue weighted by Gasteiger charge is -2.28. The summed E-state index contributed by atoms with van der Waals surface area (Å²) in [5.41, 5.74) is 2.80. The van der Waals surface area contributed by atoms with E-state index in [1.807, 2.05) is 0 Å². The zero-order valence-corrected chi connectivity index (χ0v) is 12.6. The van der Waals surface area contributed by atoms with Gasteiger partial charge in [0.15, 0.2) is 0 Å². The van der Waals surface area contributed by atoms with Gasteiger partial charge in [-0.3, -0.25) is 4.79 Å². The second kappa shape index (κ2) is 6.92. The Kier molecular flexibility index (Phi) is 5.22. The van der Waals surface area contributed by atoms with Crippen molar-refractivity contribution in [2.45, 2.75) is 58.3 Å². The molecule has 2 rings (SSSR count). The molecule has 0 radical (unpaired) electrons. The predicted octanol–water partition coefficient (Wildman–Crippen LogP) is 4.63. The van der Waals surface area contributed by atoms with E-state index in [0.29, 0.717) is 24.2 Å². The first-order valence-electron chi connectivity index (χ1n) is 7.85. The molecule has 0 unspecified atom stereocenters. The van der Waals surface area contributed by atoms with Gasteiger partial charge in [-0.25, -0.2) is 0 Å². The molecule has 0 spiro atoms. The summed E-state index contributed by atoms with van der Waals surface area (Å²) in [6.45, 7) is 4.48. The molecule has 20 heavy (non-hydrogen) atoms. The summed E-state index contributed by atoms with van der Waals surface area (Å²) in [5.74, 6) is 0.959. The topological polar surface area (TPSA) is 37.3 Å². The fourth-order valence-electron chi connectivity index (χ4n) is 3.42. The van der Waals surface area contributed by atoms with Crippen molar-refractivity contribution in [1.29, 1.82) is 0 Å². The summed E-state index contributed by atoms with van der Waals surface area (Å²) in [6, 6.07) is 9.00. The summed E-state index contributed by atoms with van der Waals surface area (Å²) in [7, 11) is 0. The highest BCUT2D eigenvalue weighted by molar-refractivity contribution is 5.67. The van der Waals surface area contributed by atoms with E-state index in [1.54, 1.807) is 0 Å². The maximum atomic E-state index is 10.9. The Morgan fingerprint density at radius 1 is 1.25 bits per heavy atom. The van der Waals surface area contributed by atoms with Crippen LogP contribution in [-0.4, -0.2) is 11.1 Å². The van der Waals surface area contributed by atoms with E-state index in [2.05, 4.69) is 38.1 Å². The first-order valence-corrected chi connectivity index (χ1v) is 7.85. The molecule has 0 bridgehead atoms. The van der Waals surface area contributed by atoms with Gasteiger partial charge in [-0.15, -0.1) is 0 Å². The van der Waals surface area contributed by atoms with Crippen molar-refractivity contribution in [1.82, 2.24) is 0 Å². The smallest absolute Gasteiger partial charge is 0.303 e. The van der Waals surface area contributed by atoms with Crippen LogP contribution < -0.4 is 0 Å². The van der Waals surface area contributed by atoms with E-state index in [4.69, 9.17) is 5.11 Å². The van der Waals surface area contributed by atoms with E-state index >= 15 is 0 Å². The van der Waals surface area contributed by atoms with Gasteiger partial charge in [0.05, 0.1) is 0 Å². The maximum Gasteiger partial charge on any atom is 0.303 e. The molecule has 0 aliphatic heterocycles. The summed E-state index contributed by atoms with van der Waals surface area (Å²) in [6.07, 6.45) is 5.95. The highest BCUT2D eigenvalue weighted by Gasteiger charge is 2.24. The van der Waals surface area contributed by atoms with Crippen LogP contribution in [0, 0.1) is 11.8 Å². The zero-order valence-electron chi connectivity index (χ0n) is 12.6. The minimum absolute atomic E-state index is 0.335. The molecule has 0 heterocycles. The summed E-state index contributed by atoms with van der Waals surface area (Å²) in [4.78, 5) is 10.9. The minimum Gasteiger partial charge on any atom is -0.481 e. The lowest BCUT2D eigenvalue weighted by Crippen LogP contribution is -2.17. The predicted molar refractivity (Wildman–Crippen MR) is 81.9 cm³/mol. The fourth-order valence-corrected chi connectivity index (χ4v) is 3.42. The maximum absolute atomic E-state index is 10.9. The molecule has 0 amide bonds. The van der Waals surface area contributed by atoms with Crippen LogP contribution in [0.25, 0.3) is 0 Å². The van der Waals surface area contributed by atoms with Crippen LogP contribution in [0.1, 0.15) is 63.0 Å². The highest BCUT2D eigenvalue weighted by Crippen LogP contribution is 2.37. The molecule has 2 atom stereocenters. The van der Waals surface area contributed by atoms with E-state index in [0.717, 1.165) is 25.7 Å². The number of hydrogen-bond donors (Lipinski definition) is 1. The Morgan fingerprint density at radius 2 is 1.95 bits per heavy atom. The van der Waals surface area contributed by atoms with E-state index in [1.165, 1.54) is 17.5 Å². The summed E-state index contributed by atoms with van der Waals surface area (Å²) >= 11 is 0. The Morgan fingerprint density at radius 3 is 2.55 bits per heavy atom. The number of aliphatic carboxylic acids is 1. The Labute approximate surface area is 122 Å². The number of benzene rings is 1. The Balaban J connectivity index is 1.98. The highest BCUT2D eigenvalue weighted by atomic mass is 16.4. The van der Waals surface area contributed by atoms with Crippen LogP contribution >= 0.6 is 0 Å². The van der Waals surface area contributed by atoms with Crippen molar-refractivity contribution in [3.05, 3.63) is 35.4 Å². The molecule has 2 nitrogen and oxygen atoms in total. The van der Waals surface area contributed by atoms with E-state index < -0.39 is 5.97 Å². The van der Waals surface area contributed by atoms with Gasteiger partial charge in [-0.1, -0.05) is 44.5 Å². The molecular formula is C18H26O2. The zero-order chi connectivity index (χ0) is 14.5. The van der Waals surface area contributed by atoms with Crippen LogP contribution in [-0.2, 0) is 11.2 Å². The summed E-state index contributed by atoms with van der Waals surface area (Å²) in [5, 5.41) is 8.94. The van der Waals surface area contributed by atoms with Gasteiger partial charge in [0.2, 0.25) is 0 Å². The van der Waals surface area contributed by atoms with Crippen molar-refractivity contribution >= 4 is 5.97 Å². The molecule has 0 aromatic heterocycles. The van der Waals surface area contributed by atoms with Gasteiger partial charge >= 0.3 is 5.97 Å². The van der Waals surface area contributed by atoms with Crippen molar-refractivity contribution in [3.8, 4) is 0 Å². The molecule has 1 aliphatic rings. The SMILES string of the molecule is CC(C)Cc1ccc([C@H]2CCC[C@@H](CC(=O)O)C2)cc1. The number of carboxylic acid groups (broad SMARTS) is 1. The molecule has 1 aliphatic carbocycles. The van der Waals surface area contributed by atoms with Crippen LogP contribution in [0.15, 0.2) is 24.3 Å². The fraction of sp³-hybridized carbons (Fsp3) is 0.611. The van der Waals surface area contributed by atoms with Crippen LogP contribution in [0.5, 0.6) is 0 Å². The van der Waals surface area contributed by atoms with E-state index in [9.17, 15) is 4.79 Å². The first-order chi connectivity index (χ1) is 9.54. The van der Waals surface area contributed by atoms with Gasteiger partial charge in [0.1, 0.15) is 0 Å². The molecule has 2 heteroatoms. The third kappa shape index (κ3) is 4.36. The Bertz CT molecular complexity index is 433. The molecule has 1 N–H and O–H groups in total. The third-order valence-electron chi connectivity index (χ3n) is 4.34.